The van der Waals surface area contributed by atoms with Crippen LogP contribution in [0.2, 0.25) is 0 Å². The van der Waals surface area contributed by atoms with Crippen molar-refractivity contribution in [3.8, 4) is 11.1 Å². The number of nitrogens with zero attached hydrogens (tertiary/aromatic N) is 3. The summed E-state index contributed by atoms with van der Waals surface area (Å²) in [6, 6.07) is 13.8. The van der Waals surface area contributed by atoms with E-state index in [9.17, 15) is 14.0 Å². The average molecular weight is 449 g/mol. The number of carbonyl (C=O) groups excluding carboxylic acids is 2. The first-order chi connectivity index (χ1) is 15.8. The Hall–Kier alpha value is -3.48. The summed E-state index contributed by atoms with van der Waals surface area (Å²) in [4.78, 5) is 26.7. The number of piperidine rings is 1. The number of alkyl halides is 1. The predicted molar refractivity (Wildman–Crippen MR) is 127 cm³/mol. The average Bonchev–Trinajstić information content (AvgIpc) is 3.26. The number of halogens is 1. The van der Waals surface area contributed by atoms with Gasteiger partial charge in [-0.3, -0.25) is 14.3 Å². The van der Waals surface area contributed by atoms with E-state index in [-0.39, 0.29) is 5.91 Å². The van der Waals surface area contributed by atoms with Crippen molar-refractivity contribution >= 4 is 17.5 Å². The Bertz CT molecular complexity index is 1150. The molecule has 172 valence electrons. The molecule has 7 heteroatoms. The molecule has 1 unspecified atom stereocenters. The van der Waals surface area contributed by atoms with Gasteiger partial charge in [0.15, 0.2) is 6.17 Å². The molecule has 1 fully saturated rings. The van der Waals surface area contributed by atoms with Gasteiger partial charge in [-0.2, -0.15) is 5.10 Å². The molecule has 2 heterocycles. The summed E-state index contributed by atoms with van der Waals surface area (Å²) in [5.41, 5.74) is 5.29. The zero-order valence-corrected chi connectivity index (χ0v) is 19.2. The first-order valence-corrected chi connectivity index (χ1v) is 11.3. The van der Waals surface area contributed by atoms with Crippen molar-refractivity contribution in [1.29, 1.82) is 0 Å². The summed E-state index contributed by atoms with van der Waals surface area (Å²) in [5, 5.41) is 6.79. The molecule has 33 heavy (non-hydrogen) atoms. The van der Waals surface area contributed by atoms with Gasteiger partial charge in [0.2, 0.25) is 0 Å². The summed E-state index contributed by atoms with van der Waals surface area (Å²) in [7, 11) is 1.91. The van der Waals surface area contributed by atoms with Gasteiger partial charge in [-0.1, -0.05) is 30.3 Å². The monoisotopic (exact) mass is 448 g/mol. The van der Waals surface area contributed by atoms with E-state index in [2.05, 4.69) is 34.7 Å². The third-order valence-electron chi connectivity index (χ3n) is 6.31. The topological polar surface area (TPSA) is 67.2 Å². The maximum absolute atomic E-state index is 13.3. The number of hydrogen-bond donors (Lipinski definition) is 1. The Morgan fingerprint density at radius 1 is 1.09 bits per heavy atom. The highest BCUT2D eigenvalue weighted by Gasteiger charge is 2.25. The molecule has 1 aliphatic rings. The number of nitrogens with one attached hydrogen (secondary N) is 1. The van der Waals surface area contributed by atoms with E-state index in [0.717, 1.165) is 29.5 Å². The summed E-state index contributed by atoms with van der Waals surface area (Å²) >= 11 is 0. The van der Waals surface area contributed by atoms with Crippen molar-refractivity contribution in [3.63, 3.8) is 0 Å². The number of aromatic nitrogens is 2. The van der Waals surface area contributed by atoms with Crippen LogP contribution in [0.4, 0.5) is 10.1 Å². The Balaban J connectivity index is 1.38. The van der Waals surface area contributed by atoms with E-state index in [0.29, 0.717) is 30.3 Å². The second kappa shape index (κ2) is 9.57. The highest BCUT2D eigenvalue weighted by molar-refractivity contribution is 5.98. The molecule has 1 aliphatic heterocycles. The van der Waals surface area contributed by atoms with Crippen LogP contribution in [0, 0.1) is 6.92 Å². The number of hydrogen-bond acceptors (Lipinski definition) is 3. The first kappa shape index (κ1) is 22.7. The SMILES string of the molecule is Cc1ccc(C(=O)N2CCC(c3ccc(-c4cnn(C)c4)cc3)CC2)cc1NC(=O)C(C)F. The number of amides is 2. The van der Waals surface area contributed by atoms with E-state index < -0.39 is 12.1 Å². The number of carbonyl (C=O) groups is 2. The first-order valence-electron chi connectivity index (χ1n) is 11.3. The van der Waals surface area contributed by atoms with Crippen LogP contribution in [0.3, 0.4) is 0 Å². The number of likely N-dealkylation sites (tertiary alicyclic amines) is 1. The van der Waals surface area contributed by atoms with Gasteiger partial charge in [0.1, 0.15) is 0 Å². The molecule has 1 saturated heterocycles. The van der Waals surface area contributed by atoms with Gasteiger partial charge in [0.25, 0.3) is 11.8 Å². The fourth-order valence-electron chi connectivity index (χ4n) is 4.24. The zero-order valence-electron chi connectivity index (χ0n) is 19.2. The minimum atomic E-state index is -1.61. The lowest BCUT2D eigenvalue weighted by Crippen LogP contribution is -2.38. The molecule has 4 rings (SSSR count). The lowest BCUT2D eigenvalue weighted by atomic mass is 9.88. The number of benzene rings is 2. The van der Waals surface area contributed by atoms with E-state index in [1.54, 1.807) is 22.9 Å². The van der Waals surface area contributed by atoms with Crippen LogP contribution in [-0.2, 0) is 11.8 Å². The molecule has 1 atom stereocenters. The Morgan fingerprint density at radius 3 is 2.39 bits per heavy atom. The van der Waals surface area contributed by atoms with Crippen molar-refractivity contribution in [2.75, 3.05) is 18.4 Å². The molecule has 3 aromatic rings. The van der Waals surface area contributed by atoms with Gasteiger partial charge in [-0.15, -0.1) is 0 Å². The quantitative estimate of drug-likeness (QED) is 0.615. The second-order valence-electron chi connectivity index (χ2n) is 8.73. The number of rotatable bonds is 5. The number of anilines is 1. The van der Waals surface area contributed by atoms with Crippen LogP contribution in [0.25, 0.3) is 11.1 Å². The fraction of sp³-hybridized carbons (Fsp3) is 0.346. The van der Waals surface area contributed by atoms with E-state index >= 15 is 0 Å². The molecule has 2 aromatic carbocycles. The maximum atomic E-state index is 13.3. The van der Waals surface area contributed by atoms with Crippen LogP contribution in [0.5, 0.6) is 0 Å². The molecule has 6 nitrogen and oxygen atoms in total. The molecule has 1 aromatic heterocycles. The van der Waals surface area contributed by atoms with Crippen LogP contribution < -0.4 is 5.32 Å². The standard InChI is InChI=1S/C26H29FN4O2/c1-17-4-5-22(14-24(17)29-25(32)18(2)27)26(33)31-12-10-21(11-13-31)19-6-8-20(9-7-19)23-15-28-30(3)16-23/h4-9,14-16,18,21H,10-13H2,1-3H3,(H,29,32). The van der Waals surface area contributed by atoms with E-state index in [4.69, 9.17) is 0 Å². The van der Waals surface area contributed by atoms with Crippen molar-refractivity contribution in [1.82, 2.24) is 14.7 Å². The van der Waals surface area contributed by atoms with Crippen molar-refractivity contribution < 1.29 is 14.0 Å². The minimum Gasteiger partial charge on any atom is -0.339 e. The Kier molecular flexibility index (Phi) is 6.58. The molecule has 0 radical (unpaired) electrons. The Morgan fingerprint density at radius 2 is 1.79 bits per heavy atom. The normalized spacial score (nSPS) is 15.3. The summed E-state index contributed by atoms with van der Waals surface area (Å²) in [5.74, 6) is -0.363. The molecular formula is C26H29FN4O2. The van der Waals surface area contributed by atoms with Gasteiger partial charge in [0.05, 0.1) is 6.20 Å². The van der Waals surface area contributed by atoms with Crippen LogP contribution in [0.15, 0.2) is 54.9 Å². The van der Waals surface area contributed by atoms with Crippen LogP contribution in [-0.4, -0.2) is 45.8 Å². The largest absolute Gasteiger partial charge is 0.339 e. The van der Waals surface area contributed by atoms with Crippen molar-refractivity contribution in [2.45, 2.75) is 38.8 Å². The second-order valence-corrected chi connectivity index (χ2v) is 8.73. The Labute approximate surface area is 193 Å². The third-order valence-corrected chi connectivity index (χ3v) is 6.31. The smallest absolute Gasteiger partial charge is 0.258 e. The summed E-state index contributed by atoms with van der Waals surface area (Å²) in [6.45, 7) is 4.35. The third kappa shape index (κ3) is 5.13. The molecule has 0 bridgehead atoms. The molecule has 0 saturated carbocycles. The van der Waals surface area contributed by atoms with Gasteiger partial charge >= 0.3 is 0 Å². The van der Waals surface area contributed by atoms with Gasteiger partial charge < -0.3 is 10.2 Å². The highest BCUT2D eigenvalue weighted by atomic mass is 19.1. The molecule has 0 aliphatic carbocycles. The van der Waals surface area contributed by atoms with Gasteiger partial charge in [-0.25, -0.2) is 4.39 Å². The maximum Gasteiger partial charge on any atom is 0.258 e. The van der Waals surface area contributed by atoms with Crippen molar-refractivity contribution in [3.05, 3.63) is 71.5 Å². The highest BCUT2D eigenvalue weighted by Crippen LogP contribution is 2.31. The van der Waals surface area contributed by atoms with Crippen LogP contribution >= 0.6 is 0 Å². The lowest BCUT2D eigenvalue weighted by Gasteiger charge is -2.32. The van der Waals surface area contributed by atoms with E-state index in [1.807, 2.05) is 31.3 Å². The predicted octanol–water partition coefficient (Wildman–Crippen LogP) is 4.71. The summed E-state index contributed by atoms with van der Waals surface area (Å²) < 4.78 is 15.1. The summed E-state index contributed by atoms with van der Waals surface area (Å²) in [6.07, 6.45) is 4.04. The number of aryl methyl sites for hydroxylation is 2. The van der Waals surface area contributed by atoms with Crippen molar-refractivity contribution in [2.24, 2.45) is 7.05 Å². The molecule has 2 amide bonds. The van der Waals surface area contributed by atoms with Gasteiger partial charge in [-0.05, 0) is 61.4 Å². The molecule has 0 spiro atoms. The fourth-order valence-corrected chi connectivity index (χ4v) is 4.24. The van der Waals surface area contributed by atoms with E-state index in [1.165, 1.54) is 12.5 Å². The van der Waals surface area contributed by atoms with Gasteiger partial charge in [0, 0.05) is 43.1 Å². The molecular weight excluding hydrogens is 419 g/mol. The molecule has 1 N–H and O–H groups in total. The van der Waals surface area contributed by atoms with Crippen LogP contribution in [0.1, 0.15) is 47.2 Å². The zero-order chi connectivity index (χ0) is 23.5. The minimum absolute atomic E-state index is 0.0656. The lowest BCUT2D eigenvalue weighted by molar-refractivity contribution is -0.120.